The molecule has 0 aliphatic heterocycles. The summed E-state index contributed by atoms with van der Waals surface area (Å²) in [7, 11) is -3.25. The van der Waals surface area contributed by atoms with E-state index in [1.54, 1.807) is 23.5 Å². The second-order valence-corrected chi connectivity index (χ2v) is 7.97. The van der Waals surface area contributed by atoms with Crippen molar-refractivity contribution in [2.24, 2.45) is 0 Å². The molecule has 4 nitrogen and oxygen atoms in total. The van der Waals surface area contributed by atoms with Crippen molar-refractivity contribution in [3.63, 3.8) is 0 Å². The van der Waals surface area contributed by atoms with Crippen molar-refractivity contribution in [3.8, 4) is 21.8 Å². The van der Waals surface area contributed by atoms with E-state index in [2.05, 4.69) is 34.8 Å². The Morgan fingerprint density at radius 2 is 1.78 bits per heavy atom. The highest BCUT2D eigenvalue weighted by molar-refractivity contribution is 7.92. The predicted molar refractivity (Wildman–Crippen MR) is 96.2 cm³/mol. The fourth-order valence-corrected chi connectivity index (χ4v) is 3.63. The zero-order valence-electron chi connectivity index (χ0n) is 12.8. The second kappa shape index (κ2) is 6.14. The van der Waals surface area contributed by atoms with Gasteiger partial charge in [-0.15, -0.1) is 11.3 Å². The van der Waals surface area contributed by atoms with E-state index in [0.29, 0.717) is 5.69 Å². The van der Waals surface area contributed by atoms with Crippen molar-refractivity contribution < 1.29 is 8.42 Å². The van der Waals surface area contributed by atoms with Crippen LogP contribution in [0.5, 0.6) is 0 Å². The van der Waals surface area contributed by atoms with Crippen molar-refractivity contribution in [1.29, 1.82) is 0 Å². The number of sulfonamides is 1. The molecule has 0 atom stereocenters. The van der Waals surface area contributed by atoms with Gasteiger partial charge in [-0.25, -0.2) is 13.4 Å². The number of anilines is 1. The molecule has 0 amide bonds. The molecule has 1 heterocycles. The molecule has 2 aromatic carbocycles. The summed E-state index contributed by atoms with van der Waals surface area (Å²) in [5, 5.41) is 2.98. The third-order valence-electron chi connectivity index (χ3n) is 3.25. The molecule has 0 fully saturated rings. The molecule has 6 heteroatoms. The Morgan fingerprint density at radius 1 is 1.04 bits per heavy atom. The van der Waals surface area contributed by atoms with Crippen LogP contribution in [0, 0.1) is 6.92 Å². The van der Waals surface area contributed by atoms with Gasteiger partial charge in [0.05, 0.1) is 11.9 Å². The fraction of sp³-hybridized carbons (Fsp3) is 0.118. The Balaban J connectivity index is 1.86. The van der Waals surface area contributed by atoms with E-state index in [-0.39, 0.29) is 0 Å². The van der Waals surface area contributed by atoms with Gasteiger partial charge in [0.2, 0.25) is 10.0 Å². The molecule has 0 aliphatic carbocycles. The lowest BCUT2D eigenvalue weighted by Crippen LogP contribution is -2.09. The van der Waals surface area contributed by atoms with Gasteiger partial charge >= 0.3 is 0 Å². The van der Waals surface area contributed by atoms with Crippen molar-refractivity contribution in [1.82, 2.24) is 4.98 Å². The first-order valence-electron chi connectivity index (χ1n) is 7.01. The summed E-state index contributed by atoms with van der Waals surface area (Å²) < 4.78 is 24.9. The van der Waals surface area contributed by atoms with E-state index in [9.17, 15) is 8.42 Å². The van der Waals surface area contributed by atoms with E-state index in [4.69, 9.17) is 0 Å². The Morgan fingerprint density at radius 3 is 2.43 bits per heavy atom. The molecule has 3 aromatic rings. The highest BCUT2D eigenvalue weighted by Crippen LogP contribution is 2.29. The molecule has 0 saturated carbocycles. The average molecular weight is 344 g/mol. The predicted octanol–water partition coefficient (Wildman–Crippen LogP) is 4.16. The number of nitrogens with one attached hydrogen (secondary N) is 1. The lowest BCUT2D eigenvalue weighted by atomic mass is 10.1. The van der Waals surface area contributed by atoms with Crippen molar-refractivity contribution >= 4 is 27.0 Å². The minimum atomic E-state index is -3.25. The second-order valence-electron chi connectivity index (χ2n) is 5.36. The summed E-state index contributed by atoms with van der Waals surface area (Å²) in [6.07, 6.45) is 1.13. The molecule has 0 spiro atoms. The highest BCUT2D eigenvalue weighted by Gasteiger charge is 2.08. The van der Waals surface area contributed by atoms with Gasteiger partial charge in [-0.1, -0.05) is 35.9 Å². The van der Waals surface area contributed by atoms with Crippen LogP contribution >= 0.6 is 11.3 Å². The molecule has 0 saturated heterocycles. The van der Waals surface area contributed by atoms with E-state index in [1.165, 1.54) is 5.56 Å². The van der Waals surface area contributed by atoms with Crippen LogP contribution in [0.1, 0.15) is 5.56 Å². The maximum absolute atomic E-state index is 11.2. The molecule has 3 rings (SSSR count). The molecule has 0 bridgehead atoms. The van der Waals surface area contributed by atoms with Crippen LogP contribution in [0.15, 0.2) is 53.9 Å². The molecular weight excluding hydrogens is 328 g/mol. The number of hydrogen-bond acceptors (Lipinski definition) is 4. The van der Waals surface area contributed by atoms with Crippen LogP contribution < -0.4 is 4.72 Å². The van der Waals surface area contributed by atoms with Crippen LogP contribution in [0.4, 0.5) is 5.69 Å². The number of aryl methyl sites for hydroxylation is 1. The molecule has 0 unspecified atom stereocenters. The van der Waals surface area contributed by atoms with Crippen LogP contribution in [-0.4, -0.2) is 19.7 Å². The molecule has 118 valence electrons. The SMILES string of the molecule is Cc1cccc(-c2nc(-c3ccc(NS(C)(=O)=O)cc3)cs2)c1. The zero-order chi connectivity index (χ0) is 16.4. The Hall–Kier alpha value is -2.18. The topological polar surface area (TPSA) is 59.1 Å². The first-order chi connectivity index (χ1) is 10.9. The van der Waals surface area contributed by atoms with Gasteiger partial charge < -0.3 is 0 Å². The van der Waals surface area contributed by atoms with Gasteiger partial charge in [-0.3, -0.25) is 4.72 Å². The Kier molecular flexibility index (Phi) is 4.19. The van der Waals surface area contributed by atoms with Gasteiger partial charge in [0.25, 0.3) is 0 Å². The fourth-order valence-electron chi connectivity index (χ4n) is 2.24. The van der Waals surface area contributed by atoms with E-state index in [1.807, 2.05) is 23.6 Å². The standard InChI is InChI=1S/C17H16N2O2S2/c1-12-4-3-5-14(10-12)17-18-16(11-22-17)13-6-8-15(9-7-13)19-23(2,20)21/h3-11,19H,1-2H3. The number of benzene rings is 2. The summed E-state index contributed by atoms with van der Waals surface area (Å²) >= 11 is 1.60. The van der Waals surface area contributed by atoms with Gasteiger partial charge in [0.15, 0.2) is 0 Å². The van der Waals surface area contributed by atoms with E-state index in [0.717, 1.165) is 28.1 Å². The quantitative estimate of drug-likeness (QED) is 0.773. The molecular formula is C17H16N2O2S2. The number of hydrogen-bond donors (Lipinski definition) is 1. The summed E-state index contributed by atoms with van der Waals surface area (Å²) in [6.45, 7) is 2.06. The summed E-state index contributed by atoms with van der Waals surface area (Å²) in [4.78, 5) is 4.68. The van der Waals surface area contributed by atoms with E-state index < -0.39 is 10.0 Å². The van der Waals surface area contributed by atoms with Crippen LogP contribution in [-0.2, 0) is 10.0 Å². The number of nitrogens with zero attached hydrogens (tertiary/aromatic N) is 1. The van der Waals surface area contributed by atoms with E-state index >= 15 is 0 Å². The molecule has 1 N–H and O–H groups in total. The maximum atomic E-state index is 11.2. The first kappa shape index (κ1) is 15.7. The van der Waals surface area contributed by atoms with Crippen LogP contribution in [0.25, 0.3) is 21.8 Å². The number of aromatic nitrogens is 1. The number of thiazole rings is 1. The monoisotopic (exact) mass is 344 g/mol. The van der Waals surface area contributed by atoms with Gasteiger partial charge in [-0.05, 0) is 25.1 Å². The summed E-state index contributed by atoms with van der Waals surface area (Å²) in [6, 6.07) is 15.5. The first-order valence-corrected chi connectivity index (χ1v) is 9.79. The Labute approximate surface area is 139 Å². The summed E-state index contributed by atoms with van der Waals surface area (Å²) in [5.41, 5.74) is 4.70. The highest BCUT2D eigenvalue weighted by atomic mass is 32.2. The lowest BCUT2D eigenvalue weighted by Gasteiger charge is -2.04. The maximum Gasteiger partial charge on any atom is 0.229 e. The number of rotatable bonds is 4. The molecule has 0 radical (unpaired) electrons. The average Bonchev–Trinajstić information content (AvgIpc) is 2.96. The van der Waals surface area contributed by atoms with Gasteiger partial charge in [0.1, 0.15) is 5.01 Å². The largest absolute Gasteiger partial charge is 0.284 e. The minimum Gasteiger partial charge on any atom is -0.284 e. The van der Waals surface area contributed by atoms with Crippen molar-refractivity contribution in [3.05, 3.63) is 59.5 Å². The zero-order valence-corrected chi connectivity index (χ0v) is 14.4. The summed E-state index contributed by atoms with van der Waals surface area (Å²) in [5.74, 6) is 0. The third kappa shape index (κ3) is 3.97. The van der Waals surface area contributed by atoms with Crippen molar-refractivity contribution in [2.45, 2.75) is 6.92 Å². The molecule has 1 aromatic heterocycles. The van der Waals surface area contributed by atoms with Crippen LogP contribution in [0.3, 0.4) is 0 Å². The Bertz CT molecular complexity index is 929. The van der Waals surface area contributed by atoms with Crippen LogP contribution in [0.2, 0.25) is 0 Å². The normalized spacial score (nSPS) is 11.4. The van der Waals surface area contributed by atoms with Crippen molar-refractivity contribution in [2.75, 3.05) is 11.0 Å². The third-order valence-corrected chi connectivity index (χ3v) is 4.75. The molecule has 0 aliphatic rings. The minimum absolute atomic E-state index is 0.547. The van der Waals surface area contributed by atoms with Gasteiger partial charge in [0, 0.05) is 22.2 Å². The lowest BCUT2D eigenvalue weighted by molar-refractivity contribution is 0.607. The smallest absolute Gasteiger partial charge is 0.229 e. The molecule has 23 heavy (non-hydrogen) atoms. The van der Waals surface area contributed by atoms with Gasteiger partial charge in [-0.2, -0.15) is 0 Å².